The Hall–Kier alpha value is -2.79. The van der Waals surface area contributed by atoms with E-state index >= 15 is 0 Å². The van der Waals surface area contributed by atoms with E-state index in [1.807, 2.05) is 0 Å². The minimum absolute atomic E-state index is 0.0837. The van der Waals surface area contributed by atoms with Crippen LogP contribution in [0.15, 0.2) is 50.8 Å². The molecule has 1 N–H and O–H groups in total. The average molecular weight is 481 g/mol. The highest BCUT2D eigenvalue weighted by Gasteiger charge is 2.16. The molecule has 0 aliphatic heterocycles. The van der Waals surface area contributed by atoms with Gasteiger partial charge in [0.2, 0.25) is 11.7 Å². The van der Waals surface area contributed by atoms with Gasteiger partial charge in [-0.25, -0.2) is 4.98 Å². The SMILES string of the molecule is CCn1c(SCC(=O)Nc2ccc(F)c([N+](=O)[O-])c2)nc2ccc(Br)cc2c1=O. The minimum Gasteiger partial charge on any atom is -0.325 e. The number of amides is 1. The molecular formula is C18H14BrFN4O4S. The van der Waals surface area contributed by atoms with Gasteiger partial charge in [0.15, 0.2) is 5.16 Å². The van der Waals surface area contributed by atoms with Crippen molar-refractivity contribution in [1.82, 2.24) is 9.55 Å². The smallest absolute Gasteiger partial charge is 0.306 e. The highest BCUT2D eigenvalue weighted by Crippen LogP contribution is 2.23. The fraction of sp³-hybridized carbons (Fsp3) is 0.167. The lowest BCUT2D eigenvalue weighted by molar-refractivity contribution is -0.387. The van der Waals surface area contributed by atoms with Crippen molar-refractivity contribution in [1.29, 1.82) is 0 Å². The van der Waals surface area contributed by atoms with Gasteiger partial charge in [-0.2, -0.15) is 4.39 Å². The summed E-state index contributed by atoms with van der Waals surface area (Å²) < 4.78 is 15.6. The number of fused-ring (bicyclic) bond motifs is 1. The first-order chi connectivity index (χ1) is 13.8. The summed E-state index contributed by atoms with van der Waals surface area (Å²) in [4.78, 5) is 39.3. The Morgan fingerprint density at radius 3 is 2.79 bits per heavy atom. The summed E-state index contributed by atoms with van der Waals surface area (Å²) in [5, 5.41) is 14.1. The molecule has 1 heterocycles. The summed E-state index contributed by atoms with van der Waals surface area (Å²) in [6, 6.07) is 8.28. The quantitative estimate of drug-likeness (QED) is 0.247. The first kappa shape index (κ1) is 20.9. The Labute approximate surface area is 176 Å². The molecule has 3 rings (SSSR count). The molecule has 0 unspecified atom stereocenters. The van der Waals surface area contributed by atoms with Crippen LogP contribution in [0.5, 0.6) is 0 Å². The third-order valence-electron chi connectivity index (χ3n) is 3.96. The number of nitrogens with zero attached hydrogens (tertiary/aromatic N) is 3. The highest BCUT2D eigenvalue weighted by molar-refractivity contribution is 9.10. The largest absolute Gasteiger partial charge is 0.325 e. The molecule has 150 valence electrons. The molecule has 2 aromatic carbocycles. The Bertz CT molecular complexity index is 1180. The van der Waals surface area contributed by atoms with Crippen LogP contribution >= 0.6 is 27.7 Å². The van der Waals surface area contributed by atoms with Gasteiger partial charge in [-0.3, -0.25) is 24.3 Å². The maximum absolute atomic E-state index is 13.4. The van der Waals surface area contributed by atoms with Gasteiger partial charge in [0.1, 0.15) is 0 Å². The van der Waals surface area contributed by atoms with Crippen molar-refractivity contribution in [3.8, 4) is 0 Å². The molecule has 11 heteroatoms. The van der Waals surface area contributed by atoms with Crippen molar-refractivity contribution in [3.05, 3.63) is 67.2 Å². The number of nitrogens with one attached hydrogen (secondary N) is 1. The van der Waals surface area contributed by atoms with Crippen molar-refractivity contribution in [2.45, 2.75) is 18.6 Å². The van der Waals surface area contributed by atoms with E-state index in [-0.39, 0.29) is 17.0 Å². The third kappa shape index (κ3) is 4.62. The Morgan fingerprint density at radius 2 is 2.10 bits per heavy atom. The molecule has 3 aromatic rings. The van der Waals surface area contributed by atoms with Crippen LogP contribution in [0.1, 0.15) is 6.92 Å². The number of thioether (sulfide) groups is 1. The van der Waals surface area contributed by atoms with Crippen LogP contribution in [0.4, 0.5) is 15.8 Å². The predicted molar refractivity (Wildman–Crippen MR) is 112 cm³/mol. The zero-order chi connectivity index (χ0) is 21.1. The molecular weight excluding hydrogens is 467 g/mol. The molecule has 0 bridgehead atoms. The second-order valence-electron chi connectivity index (χ2n) is 5.87. The number of nitro benzene ring substituents is 1. The monoisotopic (exact) mass is 480 g/mol. The van der Waals surface area contributed by atoms with Crippen LogP contribution in [-0.2, 0) is 11.3 Å². The van der Waals surface area contributed by atoms with Crippen molar-refractivity contribution in [3.63, 3.8) is 0 Å². The number of benzene rings is 2. The van der Waals surface area contributed by atoms with Crippen LogP contribution in [0.25, 0.3) is 10.9 Å². The van der Waals surface area contributed by atoms with Crippen molar-refractivity contribution in [2.24, 2.45) is 0 Å². The van der Waals surface area contributed by atoms with Crippen molar-refractivity contribution < 1.29 is 14.1 Å². The van der Waals surface area contributed by atoms with E-state index in [0.717, 1.165) is 28.4 Å². The lowest BCUT2D eigenvalue weighted by Crippen LogP contribution is -2.23. The zero-order valence-electron chi connectivity index (χ0n) is 15.0. The third-order valence-corrected chi connectivity index (χ3v) is 5.43. The molecule has 29 heavy (non-hydrogen) atoms. The lowest BCUT2D eigenvalue weighted by Gasteiger charge is -2.11. The summed E-state index contributed by atoms with van der Waals surface area (Å²) in [6.45, 7) is 2.18. The normalized spacial score (nSPS) is 10.9. The molecule has 0 atom stereocenters. The van der Waals surface area contributed by atoms with E-state index in [0.29, 0.717) is 22.6 Å². The van der Waals surface area contributed by atoms with Crippen LogP contribution in [-0.4, -0.2) is 26.1 Å². The van der Waals surface area contributed by atoms with Gasteiger partial charge in [0, 0.05) is 22.8 Å². The second-order valence-corrected chi connectivity index (χ2v) is 7.72. The number of rotatable bonds is 6. The van der Waals surface area contributed by atoms with Gasteiger partial charge in [0.25, 0.3) is 5.56 Å². The van der Waals surface area contributed by atoms with Gasteiger partial charge in [-0.05, 0) is 37.3 Å². The first-order valence-corrected chi connectivity index (χ1v) is 10.1. The highest BCUT2D eigenvalue weighted by atomic mass is 79.9. The number of nitro groups is 1. The topological polar surface area (TPSA) is 107 Å². The van der Waals surface area contributed by atoms with Crippen LogP contribution < -0.4 is 10.9 Å². The molecule has 0 aliphatic carbocycles. The van der Waals surface area contributed by atoms with Crippen molar-refractivity contribution >= 4 is 55.9 Å². The van der Waals surface area contributed by atoms with Gasteiger partial charge < -0.3 is 5.32 Å². The maximum Gasteiger partial charge on any atom is 0.306 e. The number of carbonyl (C=O) groups excluding carboxylic acids is 1. The van der Waals surface area contributed by atoms with Gasteiger partial charge in [-0.15, -0.1) is 0 Å². The standard InChI is InChI=1S/C18H14BrFN4O4S/c1-2-23-17(26)12-7-10(19)3-6-14(12)22-18(23)29-9-16(25)21-11-4-5-13(20)15(8-11)24(27)28/h3-8H,2,9H2,1H3,(H,21,25). The molecule has 1 amide bonds. The van der Waals surface area contributed by atoms with Gasteiger partial charge in [0.05, 0.1) is 21.6 Å². The molecule has 0 saturated heterocycles. The van der Waals surface area contributed by atoms with E-state index in [9.17, 15) is 24.1 Å². The number of aromatic nitrogens is 2. The van der Waals surface area contributed by atoms with E-state index < -0.39 is 22.3 Å². The average Bonchev–Trinajstić information content (AvgIpc) is 2.68. The maximum atomic E-state index is 13.4. The molecule has 0 spiro atoms. The second kappa shape index (κ2) is 8.70. The summed E-state index contributed by atoms with van der Waals surface area (Å²) in [5.41, 5.74) is -0.318. The molecule has 0 saturated carbocycles. The van der Waals surface area contributed by atoms with Crippen LogP contribution in [0, 0.1) is 15.9 Å². The predicted octanol–water partition coefficient (Wildman–Crippen LogP) is 3.96. The molecule has 8 nitrogen and oxygen atoms in total. The Morgan fingerprint density at radius 1 is 1.34 bits per heavy atom. The fourth-order valence-corrected chi connectivity index (χ4v) is 3.84. The van der Waals surface area contributed by atoms with E-state index in [4.69, 9.17) is 0 Å². The van der Waals surface area contributed by atoms with Gasteiger partial charge >= 0.3 is 5.69 Å². The van der Waals surface area contributed by atoms with Crippen LogP contribution in [0.3, 0.4) is 0 Å². The van der Waals surface area contributed by atoms with Crippen LogP contribution in [0.2, 0.25) is 0 Å². The fourth-order valence-electron chi connectivity index (χ4n) is 2.62. The summed E-state index contributed by atoms with van der Waals surface area (Å²) >= 11 is 4.40. The lowest BCUT2D eigenvalue weighted by atomic mass is 10.2. The Balaban J connectivity index is 1.79. The molecule has 0 aliphatic rings. The zero-order valence-corrected chi connectivity index (χ0v) is 17.4. The number of halogens is 2. The van der Waals surface area contributed by atoms with E-state index in [2.05, 4.69) is 26.2 Å². The van der Waals surface area contributed by atoms with Crippen molar-refractivity contribution in [2.75, 3.05) is 11.1 Å². The summed E-state index contributed by atoms with van der Waals surface area (Å²) in [7, 11) is 0. The summed E-state index contributed by atoms with van der Waals surface area (Å²) in [6.07, 6.45) is 0. The minimum atomic E-state index is -0.985. The van der Waals surface area contributed by atoms with Gasteiger partial charge in [-0.1, -0.05) is 27.7 Å². The Kier molecular flexibility index (Phi) is 6.28. The number of hydrogen-bond donors (Lipinski definition) is 1. The first-order valence-electron chi connectivity index (χ1n) is 8.37. The van der Waals surface area contributed by atoms with E-state index in [1.165, 1.54) is 10.6 Å². The molecule has 1 aromatic heterocycles. The number of anilines is 1. The molecule has 0 radical (unpaired) electrons. The number of carbonyl (C=O) groups is 1. The van der Waals surface area contributed by atoms with E-state index in [1.54, 1.807) is 25.1 Å². The molecule has 0 fully saturated rings. The number of hydrogen-bond acceptors (Lipinski definition) is 6. The summed E-state index contributed by atoms with van der Waals surface area (Å²) in [5.74, 6) is -1.54.